The molecule has 186 valence electrons. The smallest absolute Gasteiger partial charge is 0.338 e. The fourth-order valence-corrected chi connectivity index (χ4v) is 4.96. The molecule has 1 unspecified atom stereocenters. The Morgan fingerprint density at radius 2 is 1.68 bits per heavy atom. The molecule has 2 aromatic rings. The molecule has 15 heteroatoms. The summed E-state index contributed by atoms with van der Waals surface area (Å²) in [4.78, 5) is 23.0. The highest BCUT2D eigenvalue weighted by atomic mass is 32.2. The van der Waals surface area contributed by atoms with Crippen LogP contribution in [0.15, 0.2) is 23.3 Å². The lowest BCUT2D eigenvalue weighted by atomic mass is 10.1. The maximum absolute atomic E-state index is 13.1. The van der Waals surface area contributed by atoms with Gasteiger partial charge in [-0.3, -0.25) is 9.69 Å². The number of hydrogen-bond acceptors (Lipinski definition) is 8. The van der Waals surface area contributed by atoms with E-state index in [1.807, 2.05) is 10.00 Å². The van der Waals surface area contributed by atoms with Crippen molar-refractivity contribution in [3.8, 4) is 0 Å². The zero-order chi connectivity index (χ0) is 24.5. The minimum atomic E-state index is -4.75. The third-order valence-corrected chi connectivity index (χ3v) is 6.90. The molecule has 0 aromatic carbocycles. The molecule has 0 saturated carbocycles. The number of nitrogens with zero attached hydrogens (tertiary/aromatic N) is 6. The lowest BCUT2D eigenvalue weighted by Gasteiger charge is -2.35. The van der Waals surface area contributed by atoms with Crippen LogP contribution in [-0.2, 0) is 12.4 Å². The van der Waals surface area contributed by atoms with Gasteiger partial charge in [-0.1, -0.05) is 11.9 Å². The fourth-order valence-electron chi connectivity index (χ4n) is 3.92. The maximum Gasteiger partial charge on any atom is 0.421 e. The van der Waals surface area contributed by atoms with Crippen molar-refractivity contribution >= 4 is 17.9 Å². The first-order chi connectivity index (χ1) is 16.0. The van der Waals surface area contributed by atoms with Crippen LogP contribution in [0.1, 0.15) is 35.7 Å². The first kappa shape index (κ1) is 24.7. The zero-order valence-electron chi connectivity index (χ0n) is 17.7. The first-order valence-corrected chi connectivity index (χ1v) is 11.4. The van der Waals surface area contributed by atoms with Crippen LogP contribution in [0.5, 0.6) is 0 Å². The summed E-state index contributed by atoms with van der Waals surface area (Å²) in [6.45, 7) is 2.97. The number of H-pyrrole nitrogens is 1. The van der Waals surface area contributed by atoms with E-state index in [-0.39, 0.29) is 17.7 Å². The second kappa shape index (κ2) is 9.70. The lowest BCUT2D eigenvalue weighted by Crippen LogP contribution is -2.45. The summed E-state index contributed by atoms with van der Waals surface area (Å²) < 4.78 is 79.4. The number of piperazine rings is 1. The number of likely N-dealkylation sites (tertiary alicyclic amines) is 1. The van der Waals surface area contributed by atoms with Crippen LogP contribution in [0.25, 0.3) is 0 Å². The van der Waals surface area contributed by atoms with Crippen LogP contribution >= 0.6 is 11.9 Å². The summed E-state index contributed by atoms with van der Waals surface area (Å²) in [5, 5.41) is 5.81. The number of halogens is 6. The quantitative estimate of drug-likeness (QED) is 0.487. The highest BCUT2D eigenvalue weighted by Gasteiger charge is 2.37. The molecule has 0 spiro atoms. The highest BCUT2D eigenvalue weighted by Crippen LogP contribution is 2.35. The predicted octanol–water partition coefficient (Wildman–Crippen LogP) is 3.16. The Kier molecular flexibility index (Phi) is 7.05. The normalized spacial score (nSPS) is 20.8. The summed E-state index contributed by atoms with van der Waals surface area (Å²) in [5.74, 6) is 0.769. The molecular weight excluding hydrogens is 488 g/mol. The van der Waals surface area contributed by atoms with Crippen molar-refractivity contribution in [2.75, 3.05) is 43.5 Å². The Hall–Kier alpha value is -2.39. The third kappa shape index (κ3) is 5.63. The van der Waals surface area contributed by atoms with Gasteiger partial charge in [-0.25, -0.2) is 19.4 Å². The fraction of sp³-hybridized carbons (Fsp3) is 0.579. The molecule has 4 rings (SSSR count). The monoisotopic (exact) mass is 509 g/mol. The minimum absolute atomic E-state index is 0.189. The molecule has 0 aliphatic carbocycles. The van der Waals surface area contributed by atoms with E-state index in [1.165, 1.54) is 11.9 Å². The summed E-state index contributed by atoms with van der Waals surface area (Å²) in [7, 11) is 0. The SMILES string of the molecule is O=c1[nH]nc(C2CCCN2CSN2CCN(c3ncc(C(F)(F)F)cn3)CC2)cc1C(F)(F)F. The van der Waals surface area contributed by atoms with Gasteiger partial charge in [-0.15, -0.1) is 0 Å². The van der Waals surface area contributed by atoms with E-state index in [4.69, 9.17) is 0 Å². The van der Waals surface area contributed by atoms with Crippen LogP contribution in [-0.4, -0.2) is 68.0 Å². The first-order valence-electron chi connectivity index (χ1n) is 10.5. The molecule has 34 heavy (non-hydrogen) atoms. The average molecular weight is 509 g/mol. The number of alkyl halides is 6. The van der Waals surface area contributed by atoms with Crippen molar-refractivity contribution < 1.29 is 26.3 Å². The lowest BCUT2D eigenvalue weighted by molar-refractivity contribution is -0.139. The Balaban J connectivity index is 1.31. The number of hydrogen-bond donors (Lipinski definition) is 1. The largest absolute Gasteiger partial charge is 0.421 e. The van der Waals surface area contributed by atoms with Crippen LogP contribution in [0.2, 0.25) is 0 Å². The predicted molar refractivity (Wildman–Crippen MR) is 112 cm³/mol. The second-order valence-corrected chi connectivity index (χ2v) is 8.98. The second-order valence-electron chi connectivity index (χ2n) is 7.95. The topological polar surface area (TPSA) is 81.3 Å². The van der Waals surface area contributed by atoms with Gasteiger partial charge in [0, 0.05) is 38.6 Å². The average Bonchev–Trinajstić information content (AvgIpc) is 3.26. The molecule has 2 aliphatic heterocycles. The molecular formula is C19H21F6N7OS. The van der Waals surface area contributed by atoms with Crippen LogP contribution in [0, 0.1) is 0 Å². The van der Waals surface area contributed by atoms with E-state index in [2.05, 4.69) is 19.4 Å². The van der Waals surface area contributed by atoms with Gasteiger partial charge in [0.25, 0.3) is 5.56 Å². The molecule has 0 radical (unpaired) electrons. The van der Waals surface area contributed by atoms with Gasteiger partial charge < -0.3 is 4.90 Å². The van der Waals surface area contributed by atoms with Gasteiger partial charge in [-0.05, 0) is 25.5 Å². The molecule has 0 bridgehead atoms. The van der Waals surface area contributed by atoms with Crippen molar-refractivity contribution in [1.82, 2.24) is 29.4 Å². The Bertz CT molecular complexity index is 1040. The minimum Gasteiger partial charge on any atom is -0.338 e. The van der Waals surface area contributed by atoms with E-state index >= 15 is 0 Å². The van der Waals surface area contributed by atoms with Crippen molar-refractivity contribution in [3.63, 3.8) is 0 Å². The molecule has 1 atom stereocenters. The van der Waals surface area contributed by atoms with E-state index in [1.54, 1.807) is 4.90 Å². The van der Waals surface area contributed by atoms with Crippen LogP contribution in [0.3, 0.4) is 0 Å². The Labute approximate surface area is 194 Å². The van der Waals surface area contributed by atoms with Gasteiger partial charge in [0.05, 0.1) is 23.2 Å². The number of aromatic amines is 1. The standard InChI is InChI=1S/C19H21F6N7OS/c20-18(21,22)12-9-26-17(27-10-12)30-4-6-32(7-5-30)34-11-31-3-1-2-15(31)14-8-13(19(23,24)25)16(33)29-28-14/h8-10,15H,1-7,11H2,(H,29,33). The molecule has 2 aromatic heterocycles. The van der Waals surface area contributed by atoms with Gasteiger partial charge in [0.2, 0.25) is 5.95 Å². The number of anilines is 1. The molecule has 2 fully saturated rings. The van der Waals surface area contributed by atoms with Crippen molar-refractivity contribution in [3.05, 3.63) is 45.6 Å². The van der Waals surface area contributed by atoms with Gasteiger partial charge in [-0.2, -0.15) is 31.4 Å². The molecule has 4 heterocycles. The molecule has 2 aliphatic rings. The number of nitrogens with one attached hydrogen (secondary N) is 1. The zero-order valence-corrected chi connectivity index (χ0v) is 18.6. The van der Waals surface area contributed by atoms with E-state index in [0.29, 0.717) is 45.0 Å². The Morgan fingerprint density at radius 1 is 1.00 bits per heavy atom. The summed E-state index contributed by atoms with van der Waals surface area (Å²) in [6, 6.07) is 0.502. The summed E-state index contributed by atoms with van der Waals surface area (Å²) >= 11 is 1.53. The van der Waals surface area contributed by atoms with Gasteiger partial charge >= 0.3 is 12.4 Å². The molecule has 1 N–H and O–H groups in total. The van der Waals surface area contributed by atoms with Gasteiger partial charge in [0.15, 0.2) is 0 Å². The summed E-state index contributed by atoms with van der Waals surface area (Å²) in [5.41, 5.74) is -3.22. The van der Waals surface area contributed by atoms with Crippen molar-refractivity contribution in [1.29, 1.82) is 0 Å². The van der Waals surface area contributed by atoms with E-state index in [9.17, 15) is 31.1 Å². The van der Waals surface area contributed by atoms with Crippen LogP contribution in [0.4, 0.5) is 32.3 Å². The van der Waals surface area contributed by atoms with E-state index < -0.39 is 29.0 Å². The Morgan fingerprint density at radius 3 is 2.29 bits per heavy atom. The molecule has 2 saturated heterocycles. The van der Waals surface area contributed by atoms with Crippen molar-refractivity contribution in [2.24, 2.45) is 0 Å². The van der Waals surface area contributed by atoms with Crippen molar-refractivity contribution in [2.45, 2.75) is 31.2 Å². The summed E-state index contributed by atoms with van der Waals surface area (Å²) in [6.07, 6.45) is -6.26. The maximum atomic E-state index is 13.1. The third-order valence-electron chi connectivity index (χ3n) is 5.73. The highest BCUT2D eigenvalue weighted by molar-refractivity contribution is 7.96. The molecule has 0 amide bonds. The van der Waals surface area contributed by atoms with Gasteiger partial charge in [0.1, 0.15) is 5.56 Å². The number of aromatic nitrogens is 4. The van der Waals surface area contributed by atoms with E-state index in [0.717, 1.165) is 24.9 Å². The number of rotatable bonds is 5. The van der Waals surface area contributed by atoms with Crippen LogP contribution < -0.4 is 10.5 Å². The molecule has 8 nitrogen and oxygen atoms in total.